The van der Waals surface area contributed by atoms with Gasteiger partial charge in [-0.15, -0.1) is 11.3 Å². The van der Waals surface area contributed by atoms with Crippen molar-refractivity contribution in [3.05, 3.63) is 16.1 Å². The summed E-state index contributed by atoms with van der Waals surface area (Å²) in [6.07, 6.45) is 2.54. The normalized spacial score (nSPS) is 31.3. The molecule has 0 radical (unpaired) electrons. The highest BCUT2D eigenvalue weighted by Gasteiger charge is 2.25. The molecule has 1 N–H and O–H groups in total. The number of thiazole rings is 1. The van der Waals surface area contributed by atoms with E-state index in [1.54, 1.807) is 0 Å². The minimum atomic E-state index is 0.670. The Labute approximate surface area is 101 Å². The van der Waals surface area contributed by atoms with E-state index in [4.69, 9.17) is 4.98 Å². The lowest BCUT2D eigenvalue weighted by Gasteiger charge is -2.07. The summed E-state index contributed by atoms with van der Waals surface area (Å²) in [5.41, 5.74) is 1.33. The Balaban J connectivity index is 1.72. The first-order valence-corrected chi connectivity index (χ1v) is 7.05. The highest BCUT2D eigenvalue weighted by atomic mass is 32.1. The van der Waals surface area contributed by atoms with Gasteiger partial charge in [-0.25, -0.2) is 4.98 Å². The summed E-state index contributed by atoms with van der Waals surface area (Å²) in [6, 6.07) is 0. The van der Waals surface area contributed by atoms with Gasteiger partial charge in [-0.3, -0.25) is 0 Å². The summed E-state index contributed by atoms with van der Waals surface area (Å²) in [5.74, 6) is 1.36. The summed E-state index contributed by atoms with van der Waals surface area (Å²) in [4.78, 5) is 7.27. The first kappa shape index (κ1) is 10.7. The van der Waals surface area contributed by atoms with Crippen molar-refractivity contribution in [3.8, 4) is 0 Å². The van der Waals surface area contributed by atoms with Gasteiger partial charge in [0.15, 0.2) is 0 Å². The molecule has 3 heterocycles. The Morgan fingerprint density at radius 2 is 2.38 bits per heavy atom. The monoisotopic (exact) mass is 237 g/mol. The number of nitrogens with zero attached hydrogens (tertiary/aromatic N) is 2. The van der Waals surface area contributed by atoms with E-state index in [-0.39, 0.29) is 0 Å². The average molecular weight is 237 g/mol. The topological polar surface area (TPSA) is 28.2 Å². The second kappa shape index (κ2) is 4.43. The van der Waals surface area contributed by atoms with Gasteiger partial charge in [0, 0.05) is 30.3 Å². The van der Waals surface area contributed by atoms with Gasteiger partial charge >= 0.3 is 0 Å². The van der Waals surface area contributed by atoms with E-state index in [0.29, 0.717) is 11.8 Å². The van der Waals surface area contributed by atoms with E-state index in [1.807, 2.05) is 11.3 Å². The molecule has 2 fully saturated rings. The van der Waals surface area contributed by atoms with Crippen molar-refractivity contribution in [2.75, 3.05) is 33.2 Å². The Hall–Kier alpha value is -0.450. The Kier molecular flexibility index (Phi) is 2.96. The summed E-state index contributed by atoms with van der Waals surface area (Å²) in [7, 11) is 2.20. The van der Waals surface area contributed by atoms with Crippen LogP contribution in [0.25, 0.3) is 0 Å². The molecular weight excluding hydrogens is 218 g/mol. The van der Waals surface area contributed by atoms with Gasteiger partial charge in [0.2, 0.25) is 0 Å². The van der Waals surface area contributed by atoms with E-state index >= 15 is 0 Å². The van der Waals surface area contributed by atoms with Crippen LogP contribution in [0.1, 0.15) is 35.4 Å². The number of rotatable bonds is 2. The lowest BCUT2D eigenvalue weighted by atomic mass is 10.1. The molecule has 0 amide bonds. The maximum absolute atomic E-state index is 4.86. The molecule has 2 atom stereocenters. The fourth-order valence-corrected chi connectivity index (χ4v) is 3.75. The molecule has 2 aliphatic rings. The highest BCUT2D eigenvalue weighted by Crippen LogP contribution is 2.31. The summed E-state index contributed by atoms with van der Waals surface area (Å²) in [6.45, 7) is 4.69. The molecule has 3 nitrogen and oxygen atoms in total. The molecule has 16 heavy (non-hydrogen) atoms. The average Bonchev–Trinajstić information content (AvgIpc) is 2.97. The molecule has 0 bridgehead atoms. The quantitative estimate of drug-likeness (QED) is 0.847. The zero-order valence-corrected chi connectivity index (χ0v) is 10.6. The zero-order chi connectivity index (χ0) is 11.0. The smallest absolute Gasteiger partial charge is 0.0972 e. The third-order valence-electron chi connectivity index (χ3n) is 3.76. The van der Waals surface area contributed by atoms with E-state index in [1.165, 1.54) is 36.6 Å². The van der Waals surface area contributed by atoms with Crippen molar-refractivity contribution in [2.45, 2.75) is 24.7 Å². The van der Waals surface area contributed by atoms with Crippen molar-refractivity contribution < 1.29 is 0 Å². The van der Waals surface area contributed by atoms with Crippen molar-refractivity contribution >= 4 is 11.3 Å². The SMILES string of the molecule is CN1CCC(c2nc(C3CCNC3)cs2)C1. The van der Waals surface area contributed by atoms with Gasteiger partial charge in [-0.1, -0.05) is 0 Å². The first-order valence-electron chi connectivity index (χ1n) is 6.17. The minimum Gasteiger partial charge on any atom is -0.316 e. The standard InChI is InChI=1S/C12H19N3S/c1-15-5-3-10(7-15)12-14-11(8-16-12)9-2-4-13-6-9/h8-10,13H,2-7H2,1H3. The zero-order valence-electron chi connectivity index (χ0n) is 9.78. The van der Waals surface area contributed by atoms with Crippen molar-refractivity contribution in [3.63, 3.8) is 0 Å². The van der Waals surface area contributed by atoms with Crippen LogP contribution in [0.3, 0.4) is 0 Å². The third-order valence-corrected chi connectivity index (χ3v) is 4.78. The van der Waals surface area contributed by atoms with Crippen LogP contribution in [0, 0.1) is 0 Å². The Bertz CT molecular complexity index is 357. The Morgan fingerprint density at radius 1 is 1.44 bits per heavy atom. The molecule has 2 aliphatic heterocycles. The molecule has 88 valence electrons. The first-order chi connectivity index (χ1) is 7.83. The predicted octanol–water partition coefficient (Wildman–Crippen LogP) is 1.64. The number of likely N-dealkylation sites (N-methyl/N-ethyl adjacent to an activating group) is 1. The number of hydrogen-bond donors (Lipinski definition) is 1. The second-order valence-electron chi connectivity index (χ2n) is 5.05. The molecule has 0 spiro atoms. The van der Waals surface area contributed by atoms with Crippen molar-refractivity contribution in [1.82, 2.24) is 15.2 Å². The second-order valence-corrected chi connectivity index (χ2v) is 5.94. The van der Waals surface area contributed by atoms with Gasteiger partial charge in [-0.2, -0.15) is 0 Å². The molecule has 1 aromatic rings. The minimum absolute atomic E-state index is 0.670. The van der Waals surface area contributed by atoms with Gasteiger partial charge in [0.1, 0.15) is 0 Å². The lowest BCUT2D eigenvalue weighted by molar-refractivity contribution is 0.411. The van der Waals surface area contributed by atoms with Crippen LogP contribution in [0.2, 0.25) is 0 Å². The molecule has 0 aliphatic carbocycles. The van der Waals surface area contributed by atoms with Gasteiger partial charge in [0.05, 0.1) is 10.7 Å². The maximum atomic E-state index is 4.86. The van der Waals surface area contributed by atoms with Crippen LogP contribution in [0.15, 0.2) is 5.38 Å². The lowest BCUT2D eigenvalue weighted by Crippen LogP contribution is -2.13. The van der Waals surface area contributed by atoms with Crippen LogP contribution in [-0.2, 0) is 0 Å². The van der Waals surface area contributed by atoms with Gasteiger partial charge < -0.3 is 10.2 Å². The molecular formula is C12H19N3S. The maximum Gasteiger partial charge on any atom is 0.0972 e. The van der Waals surface area contributed by atoms with Crippen LogP contribution in [-0.4, -0.2) is 43.1 Å². The predicted molar refractivity (Wildman–Crippen MR) is 67.2 cm³/mol. The largest absolute Gasteiger partial charge is 0.316 e. The molecule has 3 rings (SSSR count). The summed E-state index contributed by atoms with van der Waals surface area (Å²) in [5, 5.41) is 7.06. The molecule has 2 unspecified atom stereocenters. The highest BCUT2D eigenvalue weighted by molar-refractivity contribution is 7.09. The summed E-state index contributed by atoms with van der Waals surface area (Å²) < 4.78 is 0. The van der Waals surface area contributed by atoms with Gasteiger partial charge in [0.25, 0.3) is 0 Å². The molecule has 4 heteroatoms. The number of nitrogens with one attached hydrogen (secondary N) is 1. The van der Waals surface area contributed by atoms with Crippen LogP contribution in [0.5, 0.6) is 0 Å². The number of aromatic nitrogens is 1. The fraction of sp³-hybridized carbons (Fsp3) is 0.750. The fourth-order valence-electron chi connectivity index (χ4n) is 2.72. The van der Waals surface area contributed by atoms with E-state index in [0.717, 1.165) is 13.1 Å². The van der Waals surface area contributed by atoms with Crippen molar-refractivity contribution in [2.24, 2.45) is 0 Å². The van der Waals surface area contributed by atoms with E-state index in [9.17, 15) is 0 Å². The van der Waals surface area contributed by atoms with E-state index in [2.05, 4.69) is 22.6 Å². The third kappa shape index (κ3) is 2.01. The molecule has 0 aromatic carbocycles. The van der Waals surface area contributed by atoms with Crippen LogP contribution >= 0.6 is 11.3 Å². The number of hydrogen-bond acceptors (Lipinski definition) is 4. The molecule has 0 saturated carbocycles. The van der Waals surface area contributed by atoms with Crippen LogP contribution in [0.4, 0.5) is 0 Å². The molecule has 1 aromatic heterocycles. The molecule has 2 saturated heterocycles. The van der Waals surface area contributed by atoms with Gasteiger partial charge in [-0.05, 0) is 33.0 Å². The Morgan fingerprint density at radius 3 is 3.06 bits per heavy atom. The number of likely N-dealkylation sites (tertiary alicyclic amines) is 1. The summed E-state index contributed by atoms with van der Waals surface area (Å²) >= 11 is 1.87. The van der Waals surface area contributed by atoms with Crippen molar-refractivity contribution in [1.29, 1.82) is 0 Å². The van der Waals surface area contributed by atoms with E-state index < -0.39 is 0 Å². The van der Waals surface area contributed by atoms with Crippen LogP contribution < -0.4 is 5.32 Å².